The minimum atomic E-state index is 0.344. The molecular formula is C27H35NO4. The minimum absolute atomic E-state index is 0.344. The summed E-state index contributed by atoms with van der Waals surface area (Å²) in [5.74, 6) is 4.00. The first-order chi connectivity index (χ1) is 15.7. The van der Waals surface area contributed by atoms with E-state index in [2.05, 4.69) is 29.2 Å². The number of fused-ring (bicyclic) bond motifs is 4. The van der Waals surface area contributed by atoms with Crippen molar-refractivity contribution < 1.29 is 18.9 Å². The van der Waals surface area contributed by atoms with Crippen molar-refractivity contribution in [1.82, 2.24) is 4.90 Å². The highest BCUT2D eigenvalue weighted by Gasteiger charge is 2.42. The van der Waals surface area contributed by atoms with Gasteiger partial charge in [0.25, 0.3) is 0 Å². The summed E-state index contributed by atoms with van der Waals surface area (Å²) >= 11 is 0. The number of hydrogen-bond donors (Lipinski definition) is 0. The molecule has 5 rings (SSSR count). The molecule has 5 heteroatoms. The highest BCUT2D eigenvalue weighted by molar-refractivity contribution is 5.54. The number of ether oxygens (including phenoxy) is 4. The van der Waals surface area contributed by atoms with Crippen molar-refractivity contribution in [2.45, 2.75) is 57.0 Å². The maximum atomic E-state index is 5.71. The molecule has 172 valence electrons. The fourth-order valence-electron chi connectivity index (χ4n) is 6.36. The Morgan fingerprint density at radius 2 is 1.25 bits per heavy atom. The van der Waals surface area contributed by atoms with E-state index in [0.29, 0.717) is 18.0 Å². The molecule has 1 saturated carbocycles. The summed E-state index contributed by atoms with van der Waals surface area (Å²) in [5.41, 5.74) is 5.60. The quantitative estimate of drug-likeness (QED) is 0.618. The van der Waals surface area contributed by atoms with E-state index in [4.69, 9.17) is 18.9 Å². The van der Waals surface area contributed by atoms with Crippen molar-refractivity contribution in [1.29, 1.82) is 0 Å². The molecule has 1 fully saturated rings. The van der Waals surface area contributed by atoms with Gasteiger partial charge in [0.05, 0.1) is 28.4 Å². The summed E-state index contributed by atoms with van der Waals surface area (Å²) in [4.78, 5) is 2.78. The van der Waals surface area contributed by atoms with Gasteiger partial charge >= 0.3 is 0 Å². The van der Waals surface area contributed by atoms with Crippen LogP contribution in [0.1, 0.15) is 66.4 Å². The van der Waals surface area contributed by atoms with Gasteiger partial charge in [-0.25, -0.2) is 0 Å². The fourth-order valence-corrected chi connectivity index (χ4v) is 6.36. The molecule has 0 radical (unpaired) electrons. The van der Waals surface area contributed by atoms with Crippen molar-refractivity contribution in [3.05, 3.63) is 46.5 Å². The second-order valence-electron chi connectivity index (χ2n) is 9.36. The van der Waals surface area contributed by atoms with Crippen LogP contribution >= 0.6 is 0 Å². The molecule has 2 aromatic rings. The summed E-state index contributed by atoms with van der Waals surface area (Å²) in [5, 5.41) is 0. The number of hydrogen-bond acceptors (Lipinski definition) is 5. The van der Waals surface area contributed by atoms with Crippen LogP contribution in [0, 0.1) is 5.92 Å². The average molecular weight is 438 g/mol. The summed E-state index contributed by atoms with van der Waals surface area (Å²) in [6, 6.07) is 9.64. The van der Waals surface area contributed by atoms with E-state index in [1.807, 2.05) is 0 Å². The number of methoxy groups -OCH3 is 4. The van der Waals surface area contributed by atoms with Crippen molar-refractivity contribution in [3.63, 3.8) is 0 Å². The van der Waals surface area contributed by atoms with Gasteiger partial charge in [-0.1, -0.05) is 19.3 Å². The molecule has 3 aliphatic rings. The monoisotopic (exact) mass is 437 g/mol. The van der Waals surface area contributed by atoms with Crippen LogP contribution in [0.4, 0.5) is 0 Å². The van der Waals surface area contributed by atoms with E-state index in [0.717, 1.165) is 42.4 Å². The standard InChI is InChI=1S/C27H35NO4/c1-29-23-13-18-10-11-28-22(20(18)15-25(23)31-3)12-19-14-24(30-2)26(32-4)16-21(19)27(28)17-8-6-5-7-9-17/h13-17,22,27H,5-12H2,1-4H3/t22-,27-/m0/s1. The lowest BCUT2D eigenvalue weighted by Crippen LogP contribution is -2.45. The van der Waals surface area contributed by atoms with Gasteiger partial charge in [0.15, 0.2) is 23.0 Å². The van der Waals surface area contributed by atoms with E-state index in [1.165, 1.54) is 54.4 Å². The van der Waals surface area contributed by atoms with Gasteiger partial charge in [0, 0.05) is 18.6 Å². The van der Waals surface area contributed by atoms with Gasteiger partial charge in [-0.05, 0) is 78.1 Å². The summed E-state index contributed by atoms with van der Waals surface area (Å²) in [7, 11) is 6.91. The Morgan fingerprint density at radius 3 is 1.88 bits per heavy atom. The van der Waals surface area contributed by atoms with Crippen molar-refractivity contribution >= 4 is 0 Å². The fraction of sp³-hybridized carbons (Fsp3) is 0.556. The molecule has 0 spiro atoms. The van der Waals surface area contributed by atoms with Crippen LogP contribution in [0.2, 0.25) is 0 Å². The van der Waals surface area contributed by atoms with Gasteiger partial charge < -0.3 is 18.9 Å². The Kier molecular flexibility index (Phi) is 5.93. The minimum Gasteiger partial charge on any atom is -0.493 e. The highest BCUT2D eigenvalue weighted by Crippen LogP contribution is 2.52. The molecule has 0 amide bonds. The molecular weight excluding hydrogens is 402 g/mol. The van der Waals surface area contributed by atoms with Gasteiger partial charge in [-0.2, -0.15) is 0 Å². The predicted octanol–water partition coefficient (Wildman–Crippen LogP) is 5.50. The molecule has 1 aliphatic carbocycles. The number of benzene rings is 2. The molecule has 0 saturated heterocycles. The topological polar surface area (TPSA) is 40.2 Å². The number of nitrogens with zero attached hydrogens (tertiary/aromatic N) is 1. The molecule has 2 heterocycles. The zero-order chi connectivity index (χ0) is 22.2. The van der Waals surface area contributed by atoms with E-state index in [-0.39, 0.29) is 0 Å². The Labute approximate surface area is 191 Å². The summed E-state index contributed by atoms with van der Waals surface area (Å²) in [6.07, 6.45) is 8.67. The molecule has 2 aromatic carbocycles. The predicted molar refractivity (Wildman–Crippen MR) is 125 cm³/mol. The number of rotatable bonds is 5. The third kappa shape index (κ3) is 3.51. The van der Waals surface area contributed by atoms with E-state index < -0.39 is 0 Å². The van der Waals surface area contributed by atoms with Gasteiger partial charge in [-0.15, -0.1) is 0 Å². The van der Waals surface area contributed by atoms with Crippen LogP contribution in [-0.4, -0.2) is 39.9 Å². The zero-order valence-corrected chi connectivity index (χ0v) is 19.8. The molecule has 32 heavy (non-hydrogen) atoms. The van der Waals surface area contributed by atoms with Crippen LogP contribution in [0.25, 0.3) is 0 Å². The second-order valence-corrected chi connectivity index (χ2v) is 9.36. The van der Waals surface area contributed by atoms with Crippen LogP contribution in [0.15, 0.2) is 24.3 Å². The Morgan fingerprint density at radius 1 is 0.688 bits per heavy atom. The first kappa shape index (κ1) is 21.4. The molecule has 2 aliphatic heterocycles. The first-order valence-electron chi connectivity index (χ1n) is 11.9. The first-order valence-corrected chi connectivity index (χ1v) is 11.9. The Balaban J connectivity index is 1.64. The SMILES string of the molecule is COc1cc2c(cc1OC)[C@H](C1CCCCC1)N1CCc3cc(OC)c(OC)cc3[C@@H]1C2. The average Bonchev–Trinajstić information content (AvgIpc) is 2.85. The van der Waals surface area contributed by atoms with Crippen LogP contribution in [-0.2, 0) is 12.8 Å². The maximum absolute atomic E-state index is 5.71. The lowest BCUT2D eigenvalue weighted by molar-refractivity contribution is 0.0528. The highest BCUT2D eigenvalue weighted by atomic mass is 16.5. The summed E-state index contributed by atoms with van der Waals surface area (Å²) < 4.78 is 22.7. The summed E-state index contributed by atoms with van der Waals surface area (Å²) in [6.45, 7) is 1.07. The molecule has 2 atom stereocenters. The largest absolute Gasteiger partial charge is 0.493 e. The van der Waals surface area contributed by atoms with Crippen molar-refractivity contribution in [3.8, 4) is 23.0 Å². The van der Waals surface area contributed by atoms with Crippen LogP contribution in [0.5, 0.6) is 23.0 Å². The molecule has 5 nitrogen and oxygen atoms in total. The third-order valence-corrected chi connectivity index (χ3v) is 7.88. The smallest absolute Gasteiger partial charge is 0.161 e. The van der Waals surface area contributed by atoms with E-state index in [9.17, 15) is 0 Å². The van der Waals surface area contributed by atoms with Gasteiger partial charge in [0.1, 0.15) is 0 Å². The second kappa shape index (κ2) is 8.86. The van der Waals surface area contributed by atoms with Crippen molar-refractivity contribution in [2.75, 3.05) is 35.0 Å². The van der Waals surface area contributed by atoms with E-state index in [1.54, 1.807) is 28.4 Å². The van der Waals surface area contributed by atoms with Crippen molar-refractivity contribution in [2.24, 2.45) is 5.92 Å². The lowest BCUT2D eigenvalue weighted by Gasteiger charge is -2.50. The molecule has 0 bridgehead atoms. The lowest BCUT2D eigenvalue weighted by atomic mass is 9.73. The Bertz CT molecular complexity index is 982. The molecule has 0 unspecified atom stereocenters. The van der Waals surface area contributed by atoms with Crippen LogP contribution in [0.3, 0.4) is 0 Å². The van der Waals surface area contributed by atoms with Crippen LogP contribution < -0.4 is 18.9 Å². The van der Waals surface area contributed by atoms with Gasteiger partial charge in [-0.3, -0.25) is 4.90 Å². The van der Waals surface area contributed by atoms with E-state index >= 15 is 0 Å². The third-order valence-electron chi connectivity index (χ3n) is 7.88. The van der Waals surface area contributed by atoms with Gasteiger partial charge in [0.2, 0.25) is 0 Å². The molecule has 0 N–H and O–H groups in total. The molecule has 0 aromatic heterocycles. The zero-order valence-electron chi connectivity index (χ0n) is 19.8. The normalized spacial score (nSPS) is 23.0. The Hall–Kier alpha value is -2.40. The maximum Gasteiger partial charge on any atom is 0.161 e.